The van der Waals surface area contributed by atoms with Gasteiger partial charge in [-0.05, 0) is 23.6 Å². The van der Waals surface area contributed by atoms with Gasteiger partial charge in [-0.2, -0.15) is 4.68 Å². The van der Waals surface area contributed by atoms with Crippen LogP contribution in [0.4, 0.5) is 0 Å². The van der Waals surface area contributed by atoms with Crippen LogP contribution >= 0.6 is 11.3 Å². The van der Waals surface area contributed by atoms with E-state index in [2.05, 4.69) is 5.10 Å². The average Bonchev–Trinajstić information content (AvgIpc) is 3.37. The van der Waals surface area contributed by atoms with E-state index >= 15 is 0 Å². The van der Waals surface area contributed by atoms with Crippen molar-refractivity contribution in [2.75, 3.05) is 0 Å². The molecule has 136 valence electrons. The third kappa shape index (κ3) is 3.06. The van der Waals surface area contributed by atoms with Crippen LogP contribution in [0.2, 0.25) is 0 Å². The van der Waals surface area contributed by atoms with Gasteiger partial charge < -0.3 is 9.25 Å². The van der Waals surface area contributed by atoms with E-state index in [9.17, 15) is 19.2 Å². The smallest absolute Gasteiger partial charge is 0.387 e. The lowest BCUT2D eigenvalue weighted by Crippen LogP contribution is -2.33. The van der Waals surface area contributed by atoms with Crippen molar-refractivity contribution in [2.45, 2.75) is 13.0 Å². The van der Waals surface area contributed by atoms with E-state index in [1.165, 1.54) is 23.5 Å². The molecule has 4 rings (SSSR count). The number of fused-ring (bicyclic) bond motifs is 1. The maximum atomic E-state index is 12.2. The second-order valence-electron chi connectivity index (χ2n) is 5.54. The summed E-state index contributed by atoms with van der Waals surface area (Å²) in [5.74, 6) is -2.82. The number of thiophene rings is 1. The molecule has 0 radical (unpaired) electrons. The minimum Gasteiger partial charge on any atom is -0.387 e. The Labute approximate surface area is 155 Å². The number of benzene rings is 1. The maximum Gasteiger partial charge on any atom is 0.437 e. The molecule has 10 heteroatoms. The molecule has 0 saturated heterocycles. The van der Waals surface area contributed by atoms with E-state index in [0.29, 0.717) is 9.94 Å². The third-order valence-electron chi connectivity index (χ3n) is 3.82. The van der Waals surface area contributed by atoms with E-state index in [1.54, 1.807) is 24.3 Å². The van der Waals surface area contributed by atoms with Crippen molar-refractivity contribution >= 4 is 29.1 Å². The van der Waals surface area contributed by atoms with Crippen LogP contribution in [0.3, 0.4) is 0 Å². The lowest BCUT2D eigenvalue weighted by atomic mass is 10.1. The van der Waals surface area contributed by atoms with Gasteiger partial charge in [-0.15, -0.1) is 16.4 Å². The first-order chi connectivity index (χ1) is 13.0. The molecular formula is C17H11N3O6S. The highest BCUT2D eigenvalue weighted by Crippen LogP contribution is 2.23. The van der Waals surface area contributed by atoms with E-state index in [0.717, 1.165) is 4.68 Å². The summed E-state index contributed by atoms with van der Waals surface area (Å²) in [6.07, 6.45) is -0.274. The summed E-state index contributed by atoms with van der Waals surface area (Å²) in [7, 11) is 0. The summed E-state index contributed by atoms with van der Waals surface area (Å²) in [4.78, 5) is 53.7. The van der Waals surface area contributed by atoms with Gasteiger partial charge in [0.1, 0.15) is 0 Å². The monoisotopic (exact) mass is 385 g/mol. The summed E-state index contributed by atoms with van der Waals surface area (Å²) in [5, 5.41) is 6.25. The molecule has 1 aliphatic rings. The molecule has 9 nitrogen and oxygen atoms in total. The quantitative estimate of drug-likeness (QED) is 0.615. The van der Waals surface area contributed by atoms with Crippen molar-refractivity contribution in [1.82, 2.24) is 14.8 Å². The van der Waals surface area contributed by atoms with Crippen LogP contribution in [0.1, 0.15) is 27.1 Å². The van der Waals surface area contributed by atoms with Crippen LogP contribution < -0.4 is 5.76 Å². The third-order valence-corrected chi connectivity index (χ3v) is 4.67. The van der Waals surface area contributed by atoms with Gasteiger partial charge in [-0.1, -0.05) is 23.3 Å². The topological polar surface area (TPSA) is 112 Å². The van der Waals surface area contributed by atoms with Crippen LogP contribution in [0, 0.1) is 0 Å². The first-order valence-electron chi connectivity index (χ1n) is 7.85. The molecule has 1 aliphatic heterocycles. The molecule has 0 atom stereocenters. The van der Waals surface area contributed by atoms with Gasteiger partial charge >= 0.3 is 11.7 Å². The number of imide groups is 1. The fraction of sp³-hybridized carbons (Fsp3) is 0.118. The first-order valence-corrected chi connectivity index (χ1v) is 8.73. The van der Waals surface area contributed by atoms with Crippen molar-refractivity contribution in [3.63, 3.8) is 0 Å². The van der Waals surface area contributed by atoms with E-state index in [4.69, 9.17) is 9.25 Å². The summed E-state index contributed by atoms with van der Waals surface area (Å²) < 4.78 is 6.02. The molecule has 2 amide bonds. The van der Waals surface area contributed by atoms with Crippen LogP contribution in [0.25, 0.3) is 10.8 Å². The number of amides is 2. The first kappa shape index (κ1) is 16.9. The van der Waals surface area contributed by atoms with Crippen molar-refractivity contribution in [2.24, 2.45) is 0 Å². The van der Waals surface area contributed by atoms with Gasteiger partial charge in [0.05, 0.1) is 29.0 Å². The molecule has 0 saturated carbocycles. The Morgan fingerprint density at radius 1 is 1.07 bits per heavy atom. The number of hydroxylamine groups is 2. The second-order valence-corrected chi connectivity index (χ2v) is 6.48. The second kappa shape index (κ2) is 6.65. The molecule has 3 heterocycles. The number of aryl methyl sites for hydroxylation is 1. The van der Waals surface area contributed by atoms with Gasteiger partial charge in [0.15, 0.2) is 0 Å². The van der Waals surface area contributed by atoms with Crippen molar-refractivity contribution in [3.8, 4) is 10.8 Å². The Morgan fingerprint density at radius 3 is 2.41 bits per heavy atom. The molecule has 3 aromatic rings. The van der Waals surface area contributed by atoms with Gasteiger partial charge in [0, 0.05) is 0 Å². The molecule has 27 heavy (non-hydrogen) atoms. The predicted molar refractivity (Wildman–Crippen MR) is 91.7 cm³/mol. The fourth-order valence-corrected chi connectivity index (χ4v) is 3.19. The minimum absolute atomic E-state index is 0.115. The summed E-state index contributed by atoms with van der Waals surface area (Å²) in [5.41, 5.74) is 0.340. The molecule has 1 aromatic carbocycles. The van der Waals surface area contributed by atoms with Crippen molar-refractivity contribution in [1.29, 1.82) is 0 Å². The minimum atomic E-state index is -0.850. The zero-order valence-corrected chi connectivity index (χ0v) is 14.5. The molecule has 2 aromatic heterocycles. The molecule has 0 unspecified atom stereocenters. The highest BCUT2D eigenvalue weighted by Gasteiger charge is 2.38. The largest absolute Gasteiger partial charge is 0.437 e. The predicted octanol–water partition coefficient (Wildman–Crippen LogP) is 1.71. The Bertz CT molecular complexity index is 1060. The Balaban J connectivity index is 1.41. The molecular weight excluding hydrogens is 374 g/mol. The number of carbonyl (C=O) groups is 3. The van der Waals surface area contributed by atoms with Crippen molar-refractivity contribution in [3.05, 3.63) is 63.5 Å². The zero-order valence-electron chi connectivity index (χ0n) is 13.7. The fourth-order valence-electron chi connectivity index (χ4n) is 2.54. The molecule has 0 bridgehead atoms. The number of hydrogen-bond acceptors (Lipinski definition) is 8. The molecule has 0 fully saturated rings. The number of aromatic nitrogens is 2. The summed E-state index contributed by atoms with van der Waals surface area (Å²) >= 11 is 1.36. The highest BCUT2D eigenvalue weighted by molar-refractivity contribution is 7.13. The van der Waals surface area contributed by atoms with Crippen LogP contribution in [0.15, 0.2) is 51.0 Å². The standard InChI is InChI=1S/C17H11N3O6S/c21-13(26-20-15(22)10-4-1-2-5-11(10)16(20)23)7-8-19-17(24)25-14(18-19)12-6-3-9-27-12/h1-6,9H,7-8H2. The van der Waals surface area contributed by atoms with Gasteiger partial charge in [0.25, 0.3) is 17.7 Å². The van der Waals surface area contributed by atoms with Crippen LogP contribution in [0.5, 0.6) is 0 Å². The Hall–Kier alpha value is -3.53. The van der Waals surface area contributed by atoms with Gasteiger partial charge in [0.2, 0.25) is 0 Å². The van der Waals surface area contributed by atoms with Gasteiger partial charge in [-0.25, -0.2) is 9.59 Å². The molecule has 0 spiro atoms. The molecule has 0 N–H and O–H groups in total. The van der Waals surface area contributed by atoms with E-state index in [1.807, 2.05) is 5.38 Å². The van der Waals surface area contributed by atoms with E-state index < -0.39 is 23.5 Å². The lowest BCUT2D eigenvalue weighted by molar-refractivity contribution is -0.168. The maximum absolute atomic E-state index is 12.2. The summed E-state index contributed by atoms with van der Waals surface area (Å²) in [6, 6.07) is 9.71. The Kier molecular flexibility index (Phi) is 4.16. The number of nitrogens with zero attached hydrogens (tertiary/aromatic N) is 3. The average molecular weight is 385 g/mol. The van der Waals surface area contributed by atoms with Crippen LogP contribution in [-0.2, 0) is 16.2 Å². The number of rotatable bonds is 5. The van der Waals surface area contributed by atoms with Crippen molar-refractivity contribution < 1.29 is 23.6 Å². The van der Waals surface area contributed by atoms with E-state index in [-0.39, 0.29) is 30.0 Å². The highest BCUT2D eigenvalue weighted by atomic mass is 32.1. The normalized spacial score (nSPS) is 13.1. The van der Waals surface area contributed by atoms with Crippen LogP contribution in [-0.4, -0.2) is 32.6 Å². The number of carbonyl (C=O) groups excluding carboxylic acids is 3. The number of hydrogen-bond donors (Lipinski definition) is 0. The molecule has 0 aliphatic carbocycles. The zero-order chi connectivity index (χ0) is 19.0. The SMILES string of the molecule is O=C(CCn1nc(-c2cccs2)oc1=O)ON1C(=O)c2ccccc2C1=O. The Morgan fingerprint density at radius 2 is 1.78 bits per heavy atom. The lowest BCUT2D eigenvalue weighted by Gasteiger charge is -2.12. The van der Waals surface area contributed by atoms with Gasteiger partial charge in [-0.3, -0.25) is 9.59 Å². The summed E-state index contributed by atoms with van der Waals surface area (Å²) in [6.45, 7) is -0.115.